The van der Waals surface area contributed by atoms with E-state index in [1.165, 1.54) is 11.3 Å². The van der Waals surface area contributed by atoms with Crippen LogP contribution in [-0.2, 0) is 4.79 Å². The lowest BCUT2D eigenvalue weighted by Gasteiger charge is -2.09. The van der Waals surface area contributed by atoms with Crippen molar-refractivity contribution >= 4 is 56.2 Å². The molecule has 2 N–H and O–H groups in total. The zero-order chi connectivity index (χ0) is 22.5. The van der Waals surface area contributed by atoms with Gasteiger partial charge in [0.15, 0.2) is 6.61 Å². The number of methoxy groups -OCH3 is 1. The quantitative estimate of drug-likeness (QED) is 0.359. The van der Waals surface area contributed by atoms with Crippen LogP contribution < -0.4 is 20.1 Å². The molecule has 0 aliphatic rings. The van der Waals surface area contributed by atoms with Crippen molar-refractivity contribution in [2.45, 2.75) is 0 Å². The largest absolute Gasteiger partial charge is 0.497 e. The van der Waals surface area contributed by atoms with Crippen LogP contribution in [0.4, 0.5) is 11.4 Å². The standard InChI is InChI=1S/C24H19ClN2O4S/c1-30-18-10-11-19-20(13-18)32-23(22(19)25)24(29)27-16-7-5-6-15(12-16)26-21(28)14-31-17-8-3-2-4-9-17/h2-13H,14H2,1H3,(H,26,28)(H,27,29). The molecule has 0 saturated heterocycles. The molecule has 0 saturated carbocycles. The Morgan fingerprint density at radius 1 is 0.906 bits per heavy atom. The average molecular weight is 467 g/mol. The van der Waals surface area contributed by atoms with E-state index in [1.54, 1.807) is 49.6 Å². The number of thiophene rings is 1. The van der Waals surface area contributed by atoms with Gasteiger partial charge in [0.1, 0.15) is 16.4 Å². The Morgan fingerprint density at radius 2 is 1.66 bits per heavy atom. The normalized spacial score (nSPS) is 10.6. The van der Waals surface area contributed by atoms with Crippen molar-refractivity contribution in [1.29, 1.82) is 0 Å². The minimum Gasteiger partial charge on any atom is -0.497 e. The minimum absolute atomic E-state index is 0.124. The van der Waals surface area contributed by atoms with Crippen LogP contribution in [0.2, 0.25) is 5.02 Å². The number of para-hydroxylation sites is 1. The number of amides is 2. The molecule has 1 aromatic heterocycles. The van der Waals surface area contributed by atoms with Crippen LogP contribution in [0.1, 0.15) is 9.67 Å². The fourth-order valence-electron chi connectivity index (χ4n) is 3.04. The van der Waals surface area contributed by atoms with E-state index in [-0.39, 0.29) is 18.4 Å². The van der Waals surface area contributed by atoms with Crippen LogP contribution in [0.5, 0.6) is 11.5 Å². The summed E-state index contributed by atoms with van der Waals surface area (Å²) in [4.78, 5) is 25.4. The number of nitrogens with one attached hydrogen (secondary N) is 2. The van der Waals surface area contributed by atoms with Gasteiger partial charge in [0.25, 0.3) is 11.8 Å². The first-order valence-corrected chi connectivity index (χ1v) is 10.9. The number of carbonyl (C=O) groups is 2. The SMILES string of the molecule is COc1ccc2c(Cl)c(C(=O)Nc3cccc(NC(=O)COc4ccccc4)c3)sc2c1. The van der Waals surface area contributed by atoms with Gasteiger partial charge >= 0.3 is 0 Å². The predicted octanol–water partition coefficient (Wildman–Crippen LogP) is 5.83. The van der Waals surface area contributed by atoms with Gasteiger partial charge in [-0.2, -0.15) is 0 Å². The molecule has 1 heterocycles. The Morgan fingerprint density at radius 3 is 2.41 bits per heavy atom. The number of rotatable bonds is 7. The second kappa shape index (κ2) is 9.72. The fraction of sp³-hybridized carbons (Fsp3) is 0.0833. The van der Waals surface area contributed by atoms with Gasteiger partial charge < -0.3 is 20.1 Å². The molecule has 2 amide bonds. The molecule has 4 aromatic rings. The van der Waals surface area contributed by atoms with E-state index in [4.69, 9.17) is 21.1 Å². The lowest BCUT2D eigenvalue weighted by Crippen LogP contribution is -2.20. The van der Waals surface area contributed by atoms with Crippen molar-refractivity contribution in [1.82, 2.24) is 0 Å². The molecular formula is C24H19ClN2O4S. The first-order valence-electron chi connectivity index (χ1n) is 9.68. The number of carbonyl (C=O) groups excluding carboxylic acids is 2. The molecule has 0 bridgehead atoms. The molecule has 162 valence electrons. The summed E-state index contributed by atoms with van der Waals surface area (Å²) in [5.74, 6) is 0.674. The summed E-state index contributed by atoms with van der Waals surface area (Å²) >= 11 is 7.73. The highest BCUT2D eigenvalue weighted by Gasteiger charge is 2.18. The van der Waals surface area contributed by atoms with Gasteiger partial charge in [-0.15, -0.1) is 11.3 Å². The zero-order valence-corrected chi connectivity index (χ0v) is 18.6. The molecule has 4 rings (SSSR count). The highest BCUT2D eigenvalue weighted by molar-refractivity contribution is 7.21. The number of hydrogen-bond donors (Lipinski definition) is 2. The fourth-order valence-corrected chi connectivity index (χ4v) is 4.48. The zero-order valence-electron chi connectivity index (χ0n) is 17.1. The van der Waals surface area contributed by atoms with Crippen molar-refractivity contribution in [3.8, 4) is 11.5 Å². The summed E-state index contributed by atoms with van der Waals surface area (Å²) in [5.41, 5.74) is 1.07. The van der Waals surface area contributed by atoms with Crippen LogP contribution in [0, 0.1) is 0 Å². The molecule has 0 aliphatic carbocycles. The Bertz CT molecular complexity index is 1270. The maximum atomic E-state index is 12.8. The highest BCUT2D eigenvalue weighted by Crippen LogP contribution is 2.37. The van der Waals surface area contributed by atoms with Crippen molar-refractivity contribution in [2.75, 3.05) is 24.4 Å². The molecule has 6 nitrogen and oxygen atoms in total. The van der Waals surface area contributed by atoms with Gasteiger partial charge in [0.05, 0.1) is 12.1 Å². The first kappa shape index (κ1) is 21.7. The molecule has 0 spiro atoms. The van der Waals surface area contributed by atoms with Gasteiger partial charge in [0.2, 0.25) is 0 Å². The van der Waals surface area contributed by atoms with E-state index in [0.29, 0.717) is 32.8 Å². The number of halogens is 1. The second-order valence-corrected chi connectivity index (χ2v) is 8.22. The van der Waals surface area contributed by atoms with Crippen LogP contribution in [0.3, 0.4) is 0 Å². The number of fused-ring (bicyclic) bond motifs is 1. The summed E-state index contributed by atoms with van der Waals surface area (Å²) in [5, 5.41) is 6.78. The number of anilines is 2. The van der Waals surface area contributed by atoms with Gasteiger partial charge in [-0.25, -0.2) is 0 Å². The van der Waals surface area contributed by atoms with E-state index in [9.17, 15) is 9.59 Å². The summed E-state index contributed by atoms with van der Waals surface area (Å²) in [6.07, 6.45) is 0. The first-order chi connectivity index (χ1) is 15.5. The number of hydrogen-bond acceptors (Lipinski definition) is 5. The smallest absolute Gasteiger partial charge is 0.267 e. The third-order valence-corrected chi connectivity index (χ3v) is 6.22. The van der Waals surface area contributed by atoms with E-state index in [1.807, 2.05) is 30.3 Å². The third kappa shape index (κ3) is 5.01. The Labute approximate surface area is 193 Å². The van der Waals surface area contributed by atoms with Gasteiger partial charge in [0, 0.05) is 21.5 Å². The predicted molar refractivity (Wildman–Crippen MR) is 128 cm³/mol. The van der Waals surface area contributed by atoms with Crippen molar-refractivity contribution in [3.63, 3.8) is 0 Å². The Hall–Kier alpha value is -3.55. The number of benzene rings is 3. The van der Waals surface area contributed by atoms with E-state index in [2.05, 4.69) is 10.6 Å². The molecule has 32 heavy (non-hydrogen) atoms. The lowest BCUT2D eigenvalue weighted by atomic mass is 10.2. The van der Waals surface area contributed by atoms with Gasteiger partial charge in [-0.3, -0.25) is 9.59 Å². The van der Waals surface area contributed by atoms with E-state index < -0.39 is 0 Å². The summed E-state index contributed by atoms with van der Waals surface area (Å²) in [6, 6.07) is 21.4. The van der Waals surface area contributed by atoms with E-state index in [0.717, 1.165) is 10.1 Å². The molecule has 0 aliphatic heterocycles. The maximum Gasteiger partial charge on any atom is 0.267 e. The molecule has 0 unspecified atom stereocenters. The monoisotopic (exact) mass is 466 g/mol. The minimum atomic E-state index is -0.328. The molecule has 3 aromatic carbocycles. The Kier molecular flexibility index (Phi) is 6.58. The molecule has 8 heteroatoms. The summed E-state index contributed by atoms with van der Waals surface area (Å²) < 4.78 is 11.5. The molecular weight excluding hydrogens is 448 g/mol. The van der Waals surface area contributed by atoms with Crippen molar-refractivity contribution in [2.24, 2.45) is 0 Å². The van der Waals surface area contributed by atoms with Crippen LogP contribution in [0.25, 0.3) is 10.1 Å². The number of ether oxygens (including phenoxy) is 2. The summed E-state index contributed by atoms with van der Waals surface area (Å²) in [6.45, 7) is -0.124. The van der Waals surface area contributed by atoms with Crippen molar-refractivity contribution < 1.29 is 19.1 Å². The maximum absolute atomic E-state index is 12.8. The third-order valence-electron chi connectivity index (χ3n) is 4.56. The summed E-state index contributed by atoms with van der Waals surface area (Å²) in [7, 11) is 1.59. The topological polar surface area (TPSA) is 76.7 Å². The van der Waals surface area contributed by atoms with E-state index >= 15 is 0 Å². The van der Waals surface area contributed by atoms with Crippen LogP contribution >= 0.6 is 22.9 Å². The highest BCUT2D eigenvalue weighted by atomic mass is 35.5. The molecule has 0 fully saturated rings. The molecule has 0 atom stereocenters. The molecule has 0 radical (unpaired) electrons. The van der Waals surface area contributed by atoms with Crippen molar-refractivity contribution in [3.05, 3.63) is 82.7 Å². The Balaban J connectivity index is 1.42. The lowest BCUT2D eigenvalue weighted by molar-refractivity contribution is -0.118. The average Bonchev–Trinajstić information content (AvgIpc) is 3.14. The second-order valence-electron chi connectivity index (χ2n) is 6.79. The van der Waals surface area contributed by atoms with Gasteiger partial charge in [-0.05, 0) is 48.5 Å². The van der Waals surface area contributed by atoms with Crippen LogP contribution in [-0.4, -0.2) is 25.5 Å². The van der Waals surface area contributed by atoms with Gasteiger partial charge in [-0.1, -0.05) is 35.9 Å². The van der Waals surface area contributed by atoms with Crippen LogP contribution in [0.15, 0.2) is 72.8 Å².